The van der Waals surface area contributed by atoms with Crippen LogP contribution < -0.4 is 10.6 Å². The van der Waals surface area contributed by atoms with Gasteiger partial charge in [-0.2, -0.15) is 0 Å². The molecule has 23 heavy (non-hydrogen) atoms. The van der Waals surface area contributed by atoms with Crippen LogP contribution in [0.4, 0.5) is 16.8 Å². The van der Waals surface area contributed by atoms with Crippen molar-refractivity contribution in [2.75, 3.05) is 10.6 Å². The molecule has 0 aromatic carbocycles. The molecule has 6 nitrogen and oxygen atoms in total. The Morgan fingerprint density at radius 2 is 2.04 bits per heavy atom. The number of pyridine rings is 2. The third-order valence-corrected chi connectivity index (χ3v) is 3.90. The molecule has 0 atom stereocenters. The van der Waals surface area contributed by atoms with E-state index in [1.165, 1.54) is 18.3 Å². The Hall–Kier alpha value is -2.80. The van der Waals surface area contributed by atoms with E-state index in [1.54, 1.807) is 12.4 Å². The van der Waals surface area contributed by atoms with Crippen molar-refractivity contribution in [3.63, 3.8) is 0 Å². The zero-order valence-electron chi connectivity index (χ0n) is 12.7. The number of carbonyl (C=O) groups excluding carboxylic acids is 1. The van der Waals surface area contributed by atoms with E-state index in [0.29, 0.717) is 10.9 Å². The van der Waals surface area contributed by atoms with Crippen LogP contribution in [-0.2, 0) is 4.79 Å². The minimum absolute atomic E-state index is 0.139. The zero-order chi connectivity index (χ0) is 16.2. The molecule has 0 bridgehead atoms. The van der Waals surface area contributed by atoms with Crippen molar-refractivity contribution in [2.24, 2.45) is 0 Å². The normalized spacial score (nSPS) is 10.3. The van der Waals surface area contributed by atoms with Crippen LogP contribution in [0.25, 0.3) is 10.6 Å². The van der Waals surface area contributed by atoms with E-state index < -0.39 is 0 Å². The van der Waals surface area contributed by atoms with E-state index in [2.05, 4.69) is 25.6 Å². The summed E-state index contributed by atoms with van der Waals surface area (Å²) in [5, 5.41) is 6.42. The second-order valence-corrected chi connectivity index (χ2v) is 5.99. The van der Waals surface area contributed by atoms with Gasteiger partial charge in [0.25, 0.3) is 0 Å². The third-order valence-electron chi connectivity index (χ3n) is 2.96. The highest BCUT2D eigenvalue weighted by molar-refractivity contribution is 7.19. The van der Waals surface area contributed by atoms with E-state index >= 15 is 0 Å². The Balaban J connectivity index is 1.82. The van der Waals surface area contributed by atoms with Crippen molar-refractivity contribution in [1.82, 2.24) is 15.0 Å². The molecule has 0 unspecified atom stereocenters. The van der Waals surface area contributed by atoms with Crippen LogP contribution in [0.1, 0.15) is 12.5 Å². The average molecular weight is 325 g/mol. The Morgan fingerprint density at radius 1 is 1.17 bits per heavy atom. The molecule has 3 rings (SSSR count). The van der Waals surface area contributed by atoms with Crippen LogP contribution in [0.3, 0.4) is 0 Å². The number of aromatic nitrogens is 3. The standard InChI is InChI=1S/C16H15N5OS/c1-10-6-7-17-15(8-10)21-14-5-3-4-12(20-14)13-9-18-16(23-13)19-11(2)22/h3-9H,1-2H3,(H,17,20,21)(H,18,19,22). The molecule has 2 N–H and O–H groups in total. The first-order valence-corrected chi connectivity index (χ1v) is 7.82. The fourth-order valence-electron chi connectivity index (χ4n) is 1.98. The fourth-order valence-corrected chi connectivity index (χ4v) is 2.81. The summed E-state index contributed by atoms with van der Waals surface area (Å²) in [6, 6.07) is 9.59. The first kappa shape index (κ1) is 15.1. The number of thiazole rings is 1. The zero-order valence-corrected chi connectivity index (χ0v) is 13.5. The molecule has 3 heterocycles. The molecule has 0 saturated heterocycles. The van der Waals surface area contributed by atoms with Gasteiger partial charge in [0.15, 0.2) is 5.13 Å². The molecule has 0 fully saturated rings. The summed E-state index contributed by atoms with van der Waals surface area (Å²) < 4.78 is 0. The Bertz CT molecular complexity index is 846. The summed E-state index contributed by atoms with van der Waals surface area (Å²) in [5.41, 5.74) is 1.91. The van der Waals surface area contributed by atoms with Gasteiger partial charge in [-0.15, -0.1) is 0 Å². The highest BCUT2D eigenvalue weighted by atomic mass is 32.1. The summed E-state index contributed by atoms with van der Waals surface area (Å²) in [4.78, 5) is 25.0. The highest BCUT2D eigenvalue weighted by Crippen LogP contribution is 2.28. The van der Waals surface area contributed by atoms with Gasteiger partial charge in [-0.3, -0.25) is 4.79 Å². The van der Waals surface area contributed by atoms with Gasteiger partial charge in [0.1, 0.15) is 11.6 Å². The largest absolute Gasteiger partial charge is 0.325 e. The molecular weight excluding hydrogens is 310 g/mol. The topological polar surface area (TPSA) is 79.8 Å². The molecule has 0 radical (unpaired) electrons. The molecule has 1 amide bonds. The quantitative estimate of drug-likeness (QED) is 0.766. The van der Waals surface area contributed by atoms with Gasteiger partial charge in [-0.25, -0.2) is 15.0 Å². The maximum atomic E-state index is 11.1. The number of hydrogen-bond donors (Lipinski definition) is 2. The second kappa shape index (κ2) is 6.53. The molecule has 3 aromatic rings. The number of anilines is 3. The first-order valence-electron chi connectivity index (χ1n) is 7.01. The average Bonchev–Trinajstić information content (AvgIpc) is 2.95. The van der Waals surface area contributed by atoms with E-state index in [-0.39, 0.29) is 5.91 Å². The molecule has 3 aromatic heterocycles. The predicted octanol–water partition coefficient (Wildman–Crippen LogP) is 3.61. The van der Waals surface area contributed by atoms with Gasteiger partial charge in [0.05, 0.1) is 10.6 Å². The third kappa shape index (κ3) is 3.89. The molecule has 116 valence electrons. The molecule has 0 saturated carbocycles. The van der Waals surface area contributed by atoms with Gasteiger partial charge in [-0.05, 0) is 36.8 Å². The maximum absolute atomic E-state index is 11.1. The van der Waals surface area contributed by atoms with Crippen LogP contribution >= 0.6 is 11.3 Å². The Kier molecular flexibility index (Phi) is 4.29. The summed E-state index contributed by atoms with van der Waals surface area (Å²) in [6.45, 7) is 3.47. The molecule has 0 aliphatic heterocycles. The van der Waals surface area contributed by atoms with Crippen LogP contribution in [-0.4, -0.2) is 20.9 Å². The lowest BCUT2D eigenvalue weighted by Crippen LogP contribution is -2.04. The first-order chi connectivity index (χ1) is 11.1. The van der Waals surface area contributed by atoms with E-state index in [0.717, 1.165) is 22.0 Å². The number of hydrogen-bond acceptors (Lipinski definition) is 6. The fraction of sp³-hybridized carbons (Fsp3) is 0.125. The minimum atomic E-state index is -0.139. The molecule has 0 aliphatic rings. The number of aryl methyl sites for hydroxylation is 1. The smallest absolute Gasteiger partial charge is 0.223 e. The van der Waals surface area contributed by atoms with Crippen LogP contribution in [0, 0.1) is 6.92 Å². The highest BCUT2D eigenvalue weighted by Gasteiger charge is 2.08. The van der Waals surface area contributed by atoms with Crippen molar-refractivity contribution in [3.05, 3.63) is 48.3 Å². The molecule has 7 heteroatoms. The van der Waals surface area contributed by atoms with Crippen molar-refractivity contribution in [2.45, 2.75) is 13.8 Å². The van der Waals surface area contributed by atoms with Gasteiger partial charge in [0.2, 0.25) is 5.91 Å². The number of carbonyl (C=O) groups is 1. The second-order valence-electron chi connectivity index (χ2n) is 4.96. The maximum Gasteiger partial charge on any atom is 0.223 e. The Morgan fingerprint density at radius 3 is 2.83 bits per heavy atom. The predicted molar refractivity (Wildman–Crippen MR) is 91.9 cm³/mol. The van der Waals surface area contributed by atoms with Crippen LogP contribution in [0.15, 0.2) is 42.7 Å². The SMILES string of the molecule is CC(=O)Nc1ncc(-c2cccc(Nc3cc(C)ccn3)n2)s1. The molecule has 0 spiro atoms. The van der Waals surface area contributed by atoms with Gasteiger partial charge >= 0.3 is 0 Å². The van der Waals surface area contributed by atoms with Crippen molar-refractivity contribution < 1.29 is 4.79 Å². The molecular formula is C16H15N5OS. The van der Waals surface area contributed by atoms with Crippen LogP contribution in [0.2, 0.25) is 0 Å². The monoisotopic (exact) mass is 325 g/mol. The lowest BCUT2D eigenvalue weighted by atomic mass is 10.3. The number of amides is 1. The van der Waals surface area contributed by atoms with E-state index in [4.69, 9.17) is 0 Å². The Labute approximate surface area is 137 Å². The van der Waals surface area contributed by atoms with Crippen molar-refractivity contribution in [1.29, 1.82) is 0 Å². The van der Waals surface area contributed by atoms with Gasteiger partial charge in [-0.1, -0.05) is 17.4 Å². The summed E-state index contributed by atoms with van der Waals surface area (Å²) in [7, 11) is 0. The van der Waals surface area contributed by atoms with Gasteiger partial charge in [0, 0.05) is 19.3 Å². The summed E-state index contributed by atoms with van der Waals surface area (Å²) in [5.74, 6) is 1.31. The van der Waals surface area contributed by atoms with Crippen molar-refractivity contribution >= 4 is 34.0 Å². The van der Waals surface area contributed by atoms with Gasteiger partial charge < -0.3 is 10.6 Å². The minimum Gasteiger partial charge on any atom is -0.325 e. The summed E-state index contributed by atoms with van der Waals surface area (Å²) in [6.07, 6.45) is 3.46. The van der Waals surface area contributed by atoms with E-state index in [1.807, 2.05) is 37.3 Å². The summed E-state index contributed by atoms with van der Waals surface area (Å²) >= 11 is 1.38. The number of rotatable bonds is 4. The lowest BCUT2D eigenvalue weighted by Gasteiger charge is -2.06. The molecule has 0 aliphatic carbocycles. The van der Waals surface area contributed by atoms with Crippen molar-refractivity contribution in [3.8, 4) is 10.6 Å². The number of nitrogens with one attached hydrogen (secondary N) is 2. The lowest BCUT2D eigenvalue weighted by molar-refractivity contribution is -0.114. The number of nitrogens with zero attached hydrogens (tertiary/aromatic N) is 3. The van der Waals surface area contributed by atoms with Crippen LogP contribution in [0.5, 0.6) is 0 Å². The van der Waals surface area contributed by atoms with E-state index in [9.17, 15) is 4.79 Å².